The van der Waals surface area contributed by atoms with Gasteiger partial charge in [-0.25, -0.2) is 4.79 Å². The minimum absolute atomic E-state index is 0.00467. The molecule has 0 aliphatic heterocycles. The molecule has 0 spiro atoms. The van der Waals surface area contributed by atoms with E-state index >= 15 is 0 Å². The van der Waals surface area contributed by atoms with Gasteiger partial charge in [-0.1, -0.05) is 43.2 Å². The predicted molar refractivity (Wildman–Crippen MR) is 73.6 cm³/mol. The second-order valence-corrected chi connectivity index (χ2v) is 4.97. The minimum Gasteiger partial charge on any atom is -0.338 e. The van der Waals surface area contributed by atoms with Crippen molar-refractivity contribution in [2.75, 3.05) is 6.54 Å². The lowest BCUT2D eigenvalue weighted by Gasteiger charge is -2.12. The number of amides is 2. The molecule has 2 amide bonds. The van der Waals surface area contributed by atoms with Gasteiger partial charge in [0, 0.05) is 12.6 Å². The maximum absolute atomic E-state index is 11.6. The average Bonchev–Trinajstić information content (AvgIpc) is 2.89. The summed E-state index contributed by atoms with van der Waals surface area (Å²) in [6.07, 6.45) is 6.78. The van der Waals surface area contributed by atoms with Gasteiger partial charge in [0.15, 0.2) is 0 Å². The Morgan fingerprint density at radius 1 is 1.17 bits per heavy atom. The number of nitrogens with one attached hydrogen (secondary N) is 2. The van der Waals surface area contributed by atoms with Gasteiger partial charge >= 0.3 is 6.03 Å². The summed E-state index contributed by atoms with van der Waals surface area (Å²) in [6.45, 7) is 0.743. The lowest BCUT2D eigenvalue weighted by molar-refractivity contribution is 0.237. The highest BCUT2D eigenvalue weighted by Gasteiger charge is 2.16. The number of benzene rings is 1. The van der Waals surface area contributed by atoms with E-state index in [1.54, 1.807) is 0 Å². The van der Waals surface area contributed by atoms with Crippen LogP contribution >= 0.6 is 0 Å². The average molecular weight is 246 g/mol. The van der Waals surface area contributed by atoms with E-state index in [-0.39, 0.29) is 6.03 Å². The minimum atomic E-state index is -0.00467. The first kappa shape index (κ1) is 12.9. The maximum Gasteiger partial charge on any atom is 0.315 e. The molecule has 1 aromatic rings. The van der Waals surface area contributed by atoms with Crippen LogP contribution in [0, 0.1) is 0 Å². The number of carbonyl (C=O) groups excluding carboxylic acids is 1. The van der Waals surface area contributed by atoms with E-state index < -0.39 is 0 Å². The molecule has 2 rings (SSSR count). The Hall–Kier alpha value is -1.51. The summed E-state index contributed by atoms with van der Waals surface area (Å²) < 4.78 is 0. The predicted octanol–water partition coefficient (Wildman–Crippen LogP) is 2.86. The van der Waals surface area contributed by atoms with Crippen molar-refractivity contribution in [3.8, 4) is 0 Å². The zero-order chi connectivity index (χ0) is 12.6. The van der Waals surface area contributed by atoms with Crippen molar-refractivity contribution in [2.24, 2.45) is 0 Å². The number of carbonyl (C=O) groups is 1. The van der Waals surface area contributed by atoms with E-state index in [9.17, 15) is 4.79 Å². The molecule has 98 valence electrons. The van der Waals surface area contributed by atoms with Gasteiger partial charge in [0.25, 0.3) is 0 Å². The second kappa shape index (κ2) is 7.04. The summed E-state index contributed by atoms with van der Waals surface area (Å²) in [5.74, 6) is 0. The molecule has 1 fully saturated rings. The normalized spacial score (nSPS) is 15.6. The van der Waals surface area contributed by atoms with Gasteiger partial charge in [0.05, 0.1) is 0 Å². The van der Waals surface area contributed by atoms with Gasteiger partial charge in [-0.3, -0.25) is 0 Å². The molecule has 0 bridgehead atoms. The SMILES string of the molecule is O=C(NCCCc1ccccc1)NC1CCCC1. The molecular weight excluding hydrogens is 224 g/mol. The second-order valence-electron chi connectivity index (χ2n) is 4.97. The fourth-order valence-electron chi connectivity index (χ4n) is 2.45. The molecule has 3 nitrogen and oxygen atoms in total. The highest BCUT2D eigenvalue weighted by molar-refractivity contribution is 5.74. The first-order chi connectivity index (χ1) is 8.84. The third-order valence-corrected chi connectivity index (χ3v) is 3.46. The van der Waals surface area contributed by atoms with Crippen LogP contribution in [0.5, 0.6) is 0 Å². The van der Waals surface area contributed by atoms with Crippen LogP contribution < -0.4 is 10.6 Å². The smallest absolute Gasteiger partial charge is 0.315 e. The Morgan fingerprint density at radius 2 is 1.89 bits per heavy atom. The number of hydrogen-bond donors (Lipinski definition) is 2. The number of hydrogen-bond acceptors (Lipinski definition) is 1. The molecule has 1 aliphatic rings. The van der Waals surface area contributed by atoms with Crippen LogP contribution in [0.4, 0.5) is 4.79 Å². The van der Waals surface area contributed by atoms with Crippen molar-refractivity contribution in [1.29, 1.82) is 0 Å². The Labute approximate surface area is 109 Å². The van der Waals surface area contributed by atoms with Crippen LogP contribution in [0.2, 0.25) is 0 Å². The summed E-state index contributed by atoms with van der Waals surface area (Å²) in [6, 6.07) is 10.8. The fraction of sp³-hybridized carbons (Fsp3) is 0.533. The topological polar surface area (TPSA) is 41.1 Å². The van der Waals surface area contributed by atoms with Crippen molar-refractivity contribution in [1.82, 2.24) is 10.6 Å². The van der Waals surface area contributed by atoms with Crippen LogP contribution in [0.15, 0.2) is 30.3 Å². The number of rotatable bonds is 5. The summed E-state index contributed by atoms with van der Waals surface area (Å²) in [5, 5.41) is 5.96. The number of urea groups is 1. The molecule has 0 heterocycles. The highest BCUT2D eigenvalue weighted by atomic mass is 16.2. The molecular formula is C15H22N2O. The molecule has 2 N–H and O–H groups in total. The summed E-state index contributed by atoms with van der Waals surface area (Å²) in [5.41, 5.74) is 1.33. The Balaban J connectivity index is 1.56. The van der Waals surface area contributed by atoms with E-state index in [0.717, 1.165) is 32.2 Å². The monoisotopic (exact) mass is 246 g/mol. The van der Waals surface area contributed by atoms with Crippen LogP contribution in [-0.4, -0.2) is 18.6 Å². The quantitative estimate of drug-likeness (QED) is 0.771. The molecule has 0 radical (unpaired) electrons. The Kier molecular flexibility index (Phi) is 5.06. The lowest BCUT2D eigenvalue weighted by Crippen LogP contribution is -2.41. The standard InChI is InChI=1S/C15H22N2O/c18-15(17-14-10-4-5-11-14)16-12-6-9-13-7-2-1-3-8-13/h1-3,7-8,14H,4-6,9-12H2,(H2,16,17,18). The third-order valence-electron chi connectivity index (χ3n) is 3.46. The molecule has 1 saturated carbocycles. The van der Waals surface area contributed by atoms with Crippen molar-refractivity contribution in [3.63, 3.8) is 0 Å². The van der Waals surface area contributed by atoms with Crippen LogP contribution in [-0.2, 0) is 6.42 Å². The van der Waals surface area contributed by atoms with Gasteiger partial charge < -0.3 is 10.6 Å². The molecule has 1 aromatic carbocycles. The van der Waals surface area contributed by atoms with Crippen LogP contribution in [0.25, 0.3) is 0 Å². The van der Waals surface area contributed by atoms with Gasteiger partial charge in [-0.15, -0.1) is 0 Å². The zero-order valence-electron chi connectivity index (χ0n) is 10.8. The lowest BCUT2D eigenvalue weighted by atomic mass is 10.1. The third kappa shape index (κ3) is 4.40. The van der Waals surface area contributed by atoms with E-state index in [0.29, 0.717) is 6.04 Å². The van der Waals surface area contributed by atoms with Gasteiger partial charge in [-0.2, -0.15) is 0 Å². The first-order valence-electron chi connectivity index (χ1n) is 6.93. The van der Waals surface area contributed by atoms with Crippen molar-refractivity contribution < 1.29 is 4.79 Å². The van der Waals surface area contributed by atoms with Gasteiger partial charge in [0.1, 0.15) is 0 Å². The van der Waals surface area contributed by atoms with Crippen LogP contribution in [0.1, 0.15) is 37.7 Å². The van der Waals surface area contributed by atoms with E-state index in [2.05, 4.69) is 34.9 Å². The molecule has 0 aromatic heterocycles. The van der Waals surface area contributed by atoms with Crippen molar-refractivity contribution in [2.45, 2.75) is 44.6 Å². The van der Waals surface area contributed by atoms with Crippen molar-refractivity contribution in [3.05, 3.63) is 35.9 Å². The fourth-order valence-corrected chi connectivity index (χ4v) is 2.45. The van der Waals surface area contributed by atoms with E-state index in [4.69, 9.17) is 0 Å². The van der Waals surface area contributed by atoms with Crippen molar-refractivity contribution >= 4 is 6.03 Å². The van der Waals surface area contributed by atoms with Gasteiger partial charge in [0.2, 0.25) is 0 Å². The number of aryl methyl sites for hydroxylation is 1. The Bertz CT molecular complexity index is 358. The largest absolute Gasteiger partial charge is 0.338 e. The summed E-state index contributed by atoms with van der Waals surface area (Å²) >= 11 is 0. The van der Waals surface area contributed by atoms with E-state index in [1.165, 1.54) is 18.4 Å². The Morgan fingerprint density at radius 3 is 2.61 bits per heavy atom. The molecule has 0 saturated heterocycles. The summed E-state index contributed by atoms with van der Waals surface area (Å²) in [4.78, 5) is 11.6. The molecule has 0 atom stereocenters. The molecule has 1 aliphatic carbocycles. The molecule has 0 unspecified atom stereocenters. The summed E-state index contributed by atoms with van der Waals surface area (Å²) in [7, 11) is 0. The molecule has 3 heteroatoms. The van der Waals surface area contributed by atoms with Crippen LogP contribution in [0.3, 0.4) is 0 Å². The van der Waals surface area contributed by atoms with E-state index in [1.807, 2.05) is 6.07 Å². The zero-order valence-corrected chi connectivity index (χ0v) is 10.8. The molecule has 18 heavy (non-hydrogen) atoms. The first-order valence-corrected chi connectivity index (χ1v) is 6.93. The maximum atomic E-state index is 11.6. The van der Waals surface area contributed by atoms with Gasteiger partial charge in [-0.05, 0) is 31.2 Å². The highest BCUT2D eigenvalue weighted by Crippen LogP contribution is 2.17.